The van der Waals surface area contributed by atoms with E-state index < -0.39 is 87.1 Å². The Balaban J connectivity index is 2.11. The molecule has 2 atom stereocenters. The summed E-state index contributed by atoms with van der Waals surface area (Å²) in [5.74, 6) is -0.969. The minimum Gasteiger partial charge on any atom is -0.485 e. The zero-order chi connectivity index (χ0) is 32.5. The zero-order valence-electron chi connectivity index (χ0n) is 22.9. The van der Waals surface area contributed by atoms with Gasteiger partial charge in [0.15, 0.2) is 4.90 Å². The lowest BCUT2D eigenvalue weighted by Gasteiger charge is -2.40. The Bertz CT molecular complexity index is 1550. The summed E-state index contributed by atoms with van der Waals surface area (Å²) < 4.78 is 136. The molecule has 0 bridgehead atoms. The van der Waals surface area contributed by atoms with Crippen molar-refractivity contribution in [2.24, 2.45) is 0 Å². The maximum absolute atomic E-state index is 14.0. The molecule has 3 rings (SSSR count). The van der Waals surface area contributed by atoms with Crippen molar-refractivity contribution in [3.05, 3.63) is 24.4 Å². The van der Waals surface area contributed by atoms with Crippen molar-refractivity contribution >= 4 is 37.5 Å². The van der Waals surface area contributed by atoms with Gasteiger partial charge in [0.1, 0.15) is 18.5 Å². The molecule has 43 heavy (non-hydrogen) atoms. The third kappa shape index (κ3) is 7.75. The van der Waals surface area contributed by atoms with Gasteiger partial charge in [-0.1, -0.05) is 0 Å². The third-order valence-corrected chi connectivity index (χ3v) is 8.51. The van der Waals surface area contributed by atoms with Crippen molar-refractivity contribution in [3.63, 3.8) is 0 Å². The number of benzene rings is 1. The fourth-order valence-corrected chi connectivity index (χ4v) is 5.93. The number of sulfonamides is 2. The molecule has 0 spiro atoms. The molecular weight excluding hydrogens is 637 g/mol. The summed E-state index contributed by atoms with van der Waals surface area (Å²) in [4.78, 5) is 11.4. The summed E-state index contributed by atoms with van der Waals surface area (Å²) in [6.45, 7) is -2.32. The molecule has 1 amide bonds. The second kappa shape index (κ2) is 12.3. The first-order chi connectivity index (χ1) is 19.7. The van der Waals surface area contributed by atoms with E-state index in [-0.39, 0.29) is 21.8 Å². The molecule has 1 aromatic heterocycles. The molecule has 0 saturated carbocycles. The first-order valence-electron chi connectivity index (χ1n) is 12.2. The maximum Gasteiger partial charge on any atom is 0.427 e. The monoisotopic (exact) mass is 665 g/mol. The summed E-state index contributed by atoms with van der Waals surface area (Å²) in [5.41, 5.74) is -3.44. The van der Waals surface area contributed by atoms with Crippen LogP contribution in [-0.4, -0.2) is 87.8 Å². The molecular formula is C22H28F5N5O9S2. The van der Waals surface area contributed by atoms with E-state index in [0.29, 0.717) is 24.3 Å². The smallest absolute Gasteiger partial charge is 0.427 e. The number of ether oxygens (including phenoxy) is 3. The van der Waals surface area contributed by atoms with Crippen LogP contribution in [0.25, 0.3) is 0 Å². The Morgan fingerprint density at radius 2 is 1.86 bits per heavy atom. The Hall–Kier alpha value is -3.43. The number of nitrogens with one attached hydrogen (secondary N) is 2. The van der Waals surface area contributed by atoms with Gasteiger partial charge >= 0.3 is 18.8 Å². The topological polar surface area (TPSA) is 178 Å². The van der Waals surface area contributed by atoms with Gasteiger partial charge in [0.2, 0.25) is 15.6 Å². The molecule has 3 N–H and O–H groups in total. The van der Waals surface area contributed by atoms with E-state index in [1.807, 2.05) is 0 Å². The molecule has 0 aliphatic carbocycles. The minimum atomic E-state index is -4.92. The fourth-order valence-electron chi connectivity index (χ4n) is 3.71. The van der Waals surface area contributed by atoms with Gasteiger partial charge in [-0.2, -0.15) is 22.0 Å². The highest BCUT2D eigenvalue weighted by molar-refractivity contribution is 7.93. The van der Waals surface area contributed by atoms with Crippen molar-refractivity contribution in [2.75, 3.05) is 35.6 Å². The van der Waals surface area contributed by atoms with Crippen LogP contribution in [0.5, 0.6) is 11.6 Å². The zero-order valence-corrected chi connectivity index (χ0v) is 24.6. The lowest BCUT2D eigenvalue weighted by atomic mass is 10.1. The van der Waals surface area contributed by atoms with Gasteiger partial charge in [0.25, 0.3) is 15.9 Å². The minimum absolute atomic E-state index is 0.00466. The summed E-state index contributed by atoms with van der Waals surface area (Å²) in [7, 11) is -8.70. The van der Waals surface area contributed by atoms with E-state index in [0.717, 1.165) is 24.5 Å². The van der Waals surface area contributed by atoms with Crippen molar-refractivity contribution in [3.8, 4) is 11.6 Å². The second-order valence-corrected chi connectivity index (χ2v) is 13.3. The number of carbonyl (C=O) groups is 1. The number of halogens is 5. The van der Waals surface area contributed by atoms with E-state index >= 15 is 0 Å². The van der Waals surface area contributed by atoms with Gasteiger partial charge in [-0.15, -0.1) is 5.10 Å². The average Bonchev–Trinajstić information content (AvgIpc) is 3.30. The number of carbonyl (C=O) groups excluding carboxylic acids is 1. The number of nitrogens with zero attached hydrogens (tertiary/aromatic N) is 3. The molecule has 0 radical (unpaired) electrons. The highest BCUT2D eigenvalue weighted by Gasteiger charge is 2.51. The van der Waals surface area contributed by atoms with Crippen molar-refractivity contribution < 1.29 is 62.9 Å². The molecule has 0 saturated heterocycles. The number of amides is 1. The predicted octanol–water partition coefficient (Wildman–Crippen LogP) is 2.43. The van der Waals surface area contributed by atoms with Crippen LogP contribution in [0, 0.1) is 0 Å². The van der Waals surface area contributed by atoms with E-state index in [2.05, 4.69) is 19.9 Å². The van der Waals surface area contributed by atoms with E-state index in [1.54, 1.807) is 0 Å². The van der Waals surface area contributed by atoms with Crippen LogP contribution in [0.1, 0.15) is 27.3 Å². The lowest BCUT2D eigenvalue weighted by Crippen LogP contribution is -2.54. The van der Waals surface area contributed by atoms with Crippen LogP contribution < -0.4 is 23.8 Å². The molecule has 242 valence electrons. The van der Waals surface area contributed by atoms with E-state index in [9.17, 15) is 43.6 Å². The molecule has 0 unspecified atom stereocenters. The van der Waals surface area contributed by atoms with Crippen LogP contribution in [0.3, 0.4) is 0 Å². The molecule has 2 heterocycles. The van der Waals surface area contributed by atoms with E-state index in [4.69, 9.17) is 14.6 Å². The second-order valence-electron chi connectivity index (χ2n) is 9.65. The van der Waals surface area contributed by atoms with Gasteiger partial charge in [0, 0.05) is 12.2 Å². The summed E-state index contributed by atoms with van der Waals surface area (Å²) >= 11 is 0. The molecule has 2 aromatic rings. The molecule has 1 aliphatic rings. The first kappa shape index (κ1) is 34.1. The van der Waals surface area contributed by atoms with Crippen molar-refractivity contribution in [1.29, 1.82) is 0 Å². The third-order valence-electron chi connectivity index (χ3n) is 5.94. The van der Waals surface area contributed by atoms with Gasteiger partial charge in [-0.05, 0) is 39.0 Å². The maximum atomic E-state index is 14.0. The molecule has 21 heteroatoms. The fraction of sp³-hybridized carbons (Fsp3) is 0.545. The van der Waals surface area contributed by atoms with Gasteiger partial charge in [-0.25, -0.2) is 31.0 Å². The largest absolute Gasteiger partial charge is 0.485 e. The predicted molar refractivity (Wildman–Crippen MR) is 139 cm³/mol. The van der Waals surface area contributed by atoms with Crippen LogP contribution in [0.15, 0.2) is 29.3 Å². The van der Waals surface area contributed by atoms with Gasteiger partial charge < -0.3 is 19.3 Å². The SMILES string of the molecule is C[C@@H]1[C@H](CNS(C)(=O)=O)Oc2ccc(NC(=O)OC(C)(C)C(F)(F)F)cc2N1S(=O)(=O)c1cn(C(F)F)nc1OCCO. The number of aliphatic hydroxyl groups is 1. The van der Waals surface area contributed by atoms with Crippen molar-refractivity contribution in [1.82, 2.24) is 14.5 Å². The summed E-state index contributed by atoms with van der Waals surface area (Å²) in [6, 6.07) is 2.04. The molecule has 14 nitrogen and oxygen atoms in total. The van der Waals surface area contributed by atoms with Crippen LogP contribution in [0.2, 0.25) is 0 Å². The first-order valence-corrected chi connectivity index (χ1v) is 15.5. The number of fused-ring (bicyclic) bond motifs is 1. The highest BCUT2D eigenvalue weighted by atomic mass is 32.2. The number of rotatable bonds is 11. The molecule has 1 aromatic carbocycles. The van der Waals surface area contributed by atoms with Crippen LogP contribution >= 0.6 is 0 Å². The van der Waals surface area contributed by atoms with Gasteiger partial charge in [0.05, 0.1) is 30.8 Å². The number of alkyl halides is 5. The molecule has 1 aliphatic heterocycles. The van der Waals surface area contributed by atoms with Crippen LogP contribution in [-0.2, 0) is 24.8 Å². The Morgan fingerprint density at radius 1 is 1.21 bits per heavy atom. The Labute approximate surface area is 242 Å². The van der Waals surface area contributed by atoms with Gasteiger partial charge in [-0.3, -0.25) is 9.62 Å². The van der Waals surface area contributed by atoms with Crippen molar-refractivity contribution in [2.45, 2.75) is 56.1 Å². The summed E-state index contributed by atoms with van der Waals surface area (Å²) in [6.07, 6.45) is -6.31. The number of hydrogen-bond acceptors (Lipinski definition) is 10. The van der Waals surface area contributed by atoms with Crippen LogP contribution in [0.4, 0.5) is 38.1 Å². The highest BCUT2D eigenvalue weighted by Crippen LogP contribution is 2.43. The number of aliphatic hydroxyl groups excluding tert-OH is 1. The number of anilines is 2. The standard InChI is InChI=1S/C22H28F5N5O9S2/c1-12-16(10-28-42(4,35)36)40-15-6-5-13(29-20(34)41-21(2,3)22(25,26)27)9-14(15)32(12)43(37,38)17-11-31(19(23)24)30-18(17)39-8-7-33/h5-6,9,11-12,16,19,28,33H,7-8,10H2,1-4H3,(H,29,34)/t12-,16+/m1/s1. The number of aromatic nitrogens is 2. The Morgan fingerprint density at radius 3 is 2.42 bits per heavy atom. The lowest BCUT2D eigenvalue weighted by molar-refractivity contribution is -0.242. The molecule has 0 fully saturated rings. The normalized spacial score (nSPS) is 17.8. The summed E-state index contributed by atoms with van der Waals surface area (Å²) in [5, 5.41) is 14.6. The Kier molecular flexibility index (Phi) is 9.73. The average molecular weight is 666 g/mol. The quantitative estimate of drug-likeness (QED) is 0.302. The van der Waals surface area contributed by atoms with E-state index in [1.165, 1.54) is 6.92 Å². The number of hydrogen-bond donors (Lipinski definition) is 3.